The predicted octanol–water partition coefficient (Wildman–Crippen LogP) is 2.12. The van der Waals surface area contributed by atoms with Gasteiger partial charge in [-0.1, -0.05) is 6.92 Å². The van der Waals surface area contributed by atoms with Crippen molar-refractivity contribution < 1.29 is 19.0 Å². The van der Waals surface area contributed by atoms with Crippen LogP contribution < -0.4 is 10.1 Å². The standard InChI is InChI=1S/C14H20FNO3/c1-4-14(2,7-8-17)16-13(18)10-5-6-12(19-3)11(15)9-10/h5-6,9,17H,4,7-8H2,1-3H3,(H,16,18). The van der Waals surface area contributed by atoms with Gasteiger partial charge in [0.2, 0.25) is 0 Å². The van der Waals surface area contributed by atoms with Gasteiger partial charge in [-0.2, -0.15) is 0 Å². The van der Waals surface area contributed by atoms with Crippen LogP contribution in [0.3, 0.4) is 0 Å². The first-order valence-electron chi connectivity index (χ1n) is 6.22. The molecule has 0 aromatic heterocycles. The molecule has 0 saturated carbocycles. The van der Waals surface area contributed by atoms with E-state index in [1.807, 2.05) is 13.8 Å². The van der Waals surface area contributed by atoms with E-state index in [1.165, 1.54) is 19.2 Å². The summed E-state index contributed by atoms with van der Waals surface area (Å²) < 4.78 is 18.3. The molecule has 0 aliphatic carbocycles. The Labute approximate surface area is 112 Å². The van der Waals surface area contributed by atoms with Crippen molar-refractivity contribution in [2.24, 2.45) is 0 Å². The SMILES string of the molecule is CCC(C)(CCO)NC(=O)c1ccc(OC)c(F)c1. The minimum absolute atomic E-state index is 0.0123. The monoisotopic (exact) mass is 269 g/mol. The summed E-state index contributed by atoms with van der Waals surface area (Å²) in [6.07, 6.45) is 1.13. The number of rotatable bonds is 6. The minimum atomic E-state index is -0.574. The Bertz CT molecular complexity index is 450. The molecule has 0 heterocycles. The summed E-state index contributed by atoms with van der Waals surface area (Å²) in [4.78, 5) is 12.0. The van der Waals surface area contributed by atoms with Crippen LogP contribution in [0.15, 0.2) is 18.2 Å². The lowest BCUT2D eigenvalue weighted by Gasteiger charge is -2.29. The van der Waals surface area contributed by atoms with Gasteiger partial charge in [0.15, 0.2) is 11.6 Å². The van der Waals surface area contributed by atoms with Crippen molar-refractivity contribution in [1.82, 2.24) is 5.32 Å². The Kier molecular flexibility index (Phi) is 5.30. The van der Waals surface area contributed by atoms with E-state index in [-0.39, 0.29) is 23.8 Å². The van der Waals surface area contributed by atoms with Gasteiger partial charge < -0.3 is 15.2 Å². The number of benzene rings is 1. The molecule has 1 unspecified atom stereocenters. The van der Waals surface area contributed by atoms with Gasteiger partial charge in [0.05, 0.1) is 7.11 Å². The van der Waals surface area contributed by atoms with Crippen LogP contribution >= 0.6 is 0 Å². The average Bonchev–Trinajstić information content (AvgIpc) is 2.38. The lowest BCUT2D eigenvalue weighted by molar-refractivity contribution is 0.0885. The van der Waals surface area contributed by atoms with Crippen LogP contribution in [-0.2, 0) is 0 Å². The van der Waals surface area contributed by atoms with E-state index in [9.17, 15) is 9.18 Å². The molecule has 0 spiro atoms. The molecule has 1 atom stereocenters. The summed E-state index contributed by atoms with van der Waals surface area (Å²) in [5, 5.41) is 11.8. The summed E-state index contributed by atoms with van der Waals surface area (Å²) in [7, 11) is 1.37. The highest BCUT2D eigenvalue weighted by Crippen LogP contribution is 2.19. The molecule has 0 fully saturated rings. The summed E-state index contributed by atoms with van der Waals surface area (Å²) in [5.41, 5.74) is -0.265. The second-order valence-corrected chi connectivity index (χ2v) is 4.69. The minimum Gasteiger partial charge on any atom is -0.494 e. The first kappa shape index (κ1) is 15.4. The molecular formula is C14H20FNO3. The van der Waals surface area contributed by atoms with E-state index in [4.69, 9.17) is 9.84 Å². The van der Waals surface area contributed by atoms with E-state index < -0.39 is 11.4 Å². The Morgan fingerprint density at radius 1 is 1.53 bits per heavy atom. The molecule has 0 aliphatic rings. The highest BCUT2D eigenvalue weighted by Gasteiger charge is 2.24. The summed E-state index contributed by atoms with van der Waals surface area (Å²) in [6.45, 7) is 3.76. The lowest BCUT2D eigenvalue weighted by atomic mass is 9.94. The maximum Gasteiger partial charge on any atom is 0.251 e. The van der Waals surface area contributed by atoms with Crippen molar-refractivity contribution in [3.8, 4) is 5.75 Å². The Hall–Kier alpha value is -1.62. The number of aliphatic hydroxyl groups excluding tert-OH is 1. The maximum absolute atomic E-state index is 13.5. The van der Waals surface area contributed by atoms with Gasteiger partial charge in [0, 0.05) is 17.7 Å². The van der Waals surface area contributed by atoms with Gasteiger partial charge in [-0.25, -0.2) is 4.39 Å². The number of carbonyl (C=O) groups excluding carboxylic acids is 1. The number of halogens is 1. The fraction of sp³-hybridized carbons (Fsp3) is 0.500. The topological polar surface area (TPSA) is 58.6 Å². The van der Waals surface area contributed by atoms with E-state index in [1.54, 1.807) is 0 Å². The third kappa shape index (κ3) is 3.92. The smallest absolute Gasteiger partial charge is 0.251 e. The van der Waals surface area contributed by atoms with Crippen molar-refractivity contribution in [2.75, 3.05) is 13.7 Å². The van der Waals surface area contributed by atoms with E-state index >= 15 is 0 Å². The van der Waals surface area contributed by atoms with Gasteiger partial charge in [-0.15, -0.1) is 0 Å². The van der Waals surface area contributed by atoms with Crippen LogP contribution in [0, 0.1) is 5.82 Å². The number of aliphatic hydroxyl groups is 1. The summed E-state index contributed by atoms with van der Waals surface area (Å²) in [5.74, 6) is -0.833. The molecule has 1 aromatic carbocycles. The highest BCUT2D eigenvalue weighted by atomic mass is 19.1. The van der Waals surface area contributed by atoms with Gasteiger partial charge >= 0.3 is 0 Å². The van der Waals surface area contributed by atoms with E-state index in [2.05, 4.69) is 5.32 Å². The van der Waals surface area contributed by atoms with Crippen LogP contribution in [0.25, 0.3) is 0 Å². The Morgan fingerprint density at radius 2 is 2.21 bits per heavy atom. The first-order valence-corrected chi connectivity index (χ1v) is 6.22. The molecule has 1 aromatic rings. The number of ether oxygens (including phenoxy) is 1. The zero-order valence-corrected chi connectivity index (χ0v) is 11.5. The predicted molar refractivity (Wildman–Crippen MR) is 70.8 cm³/mol. The van der Waals surface area contributed by atoms with Crippen LogP contribution in [0.5, 0.6) is 5.75 Å². The zero-order valence-electron chi connectivity index (χ0n) is 11.5. The molecule has 4 nitrogen and oxygen atoms in total. The number of nitrogens with one attached hydrogen (secondary N) is 1. The Morgan fingerprint density at radius 3 is 2.68 bits per heavy atom. The molecule has 5 heteroatoms. The summed E-state index contributed by atoms with van der Waals surface area (Å²) >= 11 is 0. The molecular weight excluding hydrogens is 249 g/mol. The molecule has 0 radical (unpaired) electrons. The van der Waals surface area contributed by atoms with Crippen molar-refractivity contribution in [3.63, 3.8) is 0 Å². The van der Waals surface area contributed by atoms with Crippen LogP contribution in [0.4, 0.5) is 4.39 Å². The second-order valence-electron chi connectivity index (χ2n) is 4.69. The molecule has 2 N–H and O–H groups in total. The Balaban J connectivity index is 2.86. The fourth-order valence-electron chi connectivity index (χ4n) is 1.73. The molecule has 106 valence electrons. The van der Waals surface area contributed by atoms with Crippen LogP contribution in [-0.4, -0.2) is 30.3 Å². The molecule has 0 saturated heterocycles. The zero-order chi connectivity index (χ0) is 14.5. The highest BCUT2D eigenvalue weighted by molar-refractivity contribution is 5.94. The third-order valence-electron chi connectivity index (χ3n) is 3.27. The average molecular weight is 269 g/mol. The van der Waals surface area contributed by atoms with Crippen LogP contribution in [0.2, 0.25) is 0 Å². The largest absolute Gasteiger partial charge is 0.494 e. The number of amides is 1. The van der Waals surface area contributed by atoms with Gasteiger partial charge in [0.1, 0.15) is 0 Å². The lowest BCUT2D eigenvalue weighted by Crippen LogP contribution is -2.46. The normalized spacial score (nSPS) is 13.7. The first-order chi connectivity index (χ1) is 8.95. The molecule has 1 amide bonds. The number of hydrogen-bond donors (Lipinski definition) is 2. The van der Waals surface area contributed by atoms with Gasteiger partial charge in [-0.05, 0) is 38.0 Å². The van der Waals surface area contributed by atoms with Crippen molar-refractivity contribution in [1.29, 1.82) is 0 Å². The second kappa shape index (κ2) is 6.52. The van der Waals surface area contributed by atoms with Crippen molar-refractivity contribution in [2.45, 2.75) is 32.2 Å². The molecule has 1 rings (SSSR count). The van der Waals surface area contributed by atoms with Crippen LogP contribution in [0.1, 0.15) is 37.0 Å². The number of carbonyl (C=O) groups is 1. The molecule has 19 heavy (non-hydrogen) atoms. The maximum atomic E-state index is 13.5. The van der Waals surface area contributed by atoms with E-state index in [0.29, 0.717) is 12.8 Å². The van der Waals surface area contributed by atoms with E-state index in [0.717, 1.165) is 6.07 Å². The molecule has 0 aliphatic heterocycles. The molecule has 0 bridgehead atoms. The quantitative estimate of drug-likeness (QED) is 0.831. The van der Waals surface area contributed by atoms with Gasteiger partial charge in [0.25, 0.3) is 5.91 Å². The van der Waals surface area contributed by atoms with Crippen molar-refractivity contribution in [3.05, 3.63) is 29.6 Å². The van der Waals surface area contributed by atoms with Crippen molar-refractivity contribution >= 4 is 5.91 Å². The fourth-order valence-corrected chi connectivity index (χ4v) is 1.73. The van der Waals surface area contributed by atoms with Gasteiger partial charge in [-0.3, -0.25) is 4.79 Å². The number of hydrogen-bond acceptors (Lipinski definition) is 3. The number of methoxy groups -OCH3 is 1. The third-order valence-corrected chi connectivity index (χ3v) is 3.27. The summed E-state index contributed by atoms with van der Waals surface area (Å²) in [6, 6.07) is 4.06.